The fourth-order valence-electron chi connectivity index (χ4n) is 4.46. The molecule has 0 saturated carbocycles. The highest BCUT2D eigenvalue weighted by Gasteiger charge is 2.34. The lowest BCUT2D eigenvalue weighted by Crippen LogP contribution is -2.42. The molecule has 0 radical (unpaired) electrons. The van der Waals surface area contributed by atoms with E-state index in [1.165, 1.54) is 17.5 Å². The van der Waals surface area contributed by atoms with Gasteiger partial charge in [0.1, 0.15) is 10.6 Å². The molecule has 3 rings (SSSR count). The molecule has 1 N–H and O–H groups in total. The summed E-state index contributed by atoms with van der Waals surface area (Å²) in [6, 6.07) is 12.5. The minimum Gasteiger partial charge on any atom is -0.495 e. The minimum atomic E-state index is -3.79. The molecule has 0 bridgehead atoms. The van der Waals surface area contributed by atoms with Crippen LogP contribution in [0.15, 0.2) is 47.4 Å². The number of nitrogens with one attached hydrogen (secondary N) is 1. The van der Waals surface area contributed by atoms with E-state index in [0.717, 1.165) is 24.1 Å². The van der Waals surface area contributed by atoms with Crippen LogP contribution in [-0.4, -0.2) is 57.8 Å². The van der Waals surface area contributed by atoms with Gasteiger partial charge < -0.3 is 15.0 Å². The van der Waals surface area contributed by atoms with Crippen molar-refractivity contribution in [2.75, 3.05) is 34.3 Å². The van der Waals surface area contributed by atoms with Crippen LogP contribution in [0.3, 0.4) is 0 Å². The lowest BCUT2D eigenvalue weighted by Gasteiger charge is -2.34. The highest BCUT2D eigenvalue weighted by molar-refractivity contribution is 7.89. The summed E-state index contributed by atoms with van der Waals surface area (Å²) in [5, 5.41) is 2.93. The second kappa shape index (κ2) is 10.7. The Kier molecular flexibility index (Phi) is 8.15. The number of benzene rings is 2. The van der Waals surface area contributed by atoms with Crippen LogP contribution in [0.1, 0.15) is 41.8 Å². The Morgan fingerprint density at radius 2 is 1.73 bits per heavy atom. The molecule has 1 amide bonds. The van der Waals surface area contributed by atoms with E-state index in [1.807, 2.05) is 38.4 Å². The maximum absolute atomic E-state index is 13.5. The number of rotatable bonds is 8. The Bertz CT molecular complexity index is 1070. The van der Waals surface area contributed by atoms with Gasteiger partial charge in [-0.25, -0.2) is 8.42 Å². The van der Waals surface area contributed by atoms with Crippen LogP contribution < -0.4 is 10.1 Å². The van der Waals surface area contributed by atoms with E-state index in [-0.39, 0.29) is 34.0 Å². The molecular formula is C25H35N3O4S. The number of sulfonamides is 1. The second-order valence-corrected chi connectivity index (χ2v) is 11.2. The summed E-state index contributed by atoms with van der Waals surface area (Å²) in [5.41, 5.74) is 2.45. The number of carbonyl (C=O) groups is 1. The van der Waals surface area contributed by atoms with Crippen molar-refractivity contribution in [3.63, 3.8) is 0 Å². The molecule has 2 aromatic rings. The quantitative estimate of drug-likeness (QED) is 0.636. The number of piperidine rings is 1. The molecule has 1 aliphatic rings. The molecule has 7 nitrogen and oxygen atoms in total. The summed E-state index contributed by atoms with van der Waals surface area (Å²) >= 11 is 0. The van der Waals surface area contributed by atoms with Crippen LogP contribution in [-0.2, 0) is 23.1 Å². The van der Waals surface area contributed by atoms with Crippen LogP contribution in [0.4, 0.5) is 0 Å². The van der Waals surface area contributed by atoms with Crippen LogP contribution in [0, 0.1) is 11.8 Å². The lowest BCUT2D eigenvalue weighted by molar-refractivity contribution is 0.0950. The Labute approximate surface area is 197 Å². The molecule has 1 saturated heterocycles. The molecular weight excluding hydrogens is 438 g/mol. The van der Waals surface area contributed by atoms with Crippen molar-refractivity contribution in [3.05, 3.63) is 59.2 Å². The van der Waals surface area contributed by atoms with Crippen LogP contribution in [0.2, 0.25) is 0 Å². The predicted molar refractivity (Wildman–Crippen MR) is 130 cm³/mol. The van der Waals surface area contributed by atoms with Gasteiger partial charge >= 0.3 is 0 Å². The largest absolute Gasteiger partial charge is 0.495 e. The molecule has 2 atom stereocenters. The molecule has 2 aromatic carbocycles. The van der Waals surface area contributed by atoms with Crippen molar-refractivity contribution in [2.45, 2.75) is 38.3 Å². The third-order valence-corrected chi connectivity index (χ3v) is 7.78. The molecule has 180 valence electrons. The Balaban J connectivity index is 1.83. The lowest BCUT2D eigenvalue weighted by atomic mass is 9.94. The van der Waals surface area contributed by atoms with Crippen LogP contribution >= 0.6 is 0 Å². The maximum Gasteiger partial charge on any atom is 0.251 e. The number of amides is 1. The zero-order valence-electron chi connectivity index (χ0n) is 20.2. The topological polar surface area (TPSA) is 79.0 Å². The Morgan fingerprint density at radius 3 is 2.33 bits per heavy atom. The third-order valence-electron chi connectivity index (χ3n) is 5.92. The van der Waals surface area contributed by atoms with Gasteiger partial charge in [0.25, 0.3) is 5.91 Å². The first kappa shape index (κ1) is 25.2. The first-order valence-corrected chi connectivity index (χ1v) is 12.7. The molecule has 2 unspecified atom stereocenters. The predicted octanol–water partition coefficient (Wildman–Crippen LogP) is 3.35. The maximum atomic E-state index is 13.5. The number of carbonyl (C=O) groups excluding carboxylic acids is 1. The molecule has 0 aliphatic carbocycles. The van der Waals surface area contributed by atoms with Crippen molar-refractivity contribution in [1.29, 1.82) is 0 Å². The van der Waals surface area contributed by atoms with E-state index in [9.17, 15) is 13.2 Å². The number of nitrogens with zero attached hydrogens (tertiary/aromatic N) is 2. The monoisotopic (exact) mass is 473 g/mol. The van der Waals surface area contributed by atoms with Gasteiger partial charge in [0.15, 0.2) is 0 Å². The van der Waals surface area contributed by atoms with Gasteiger partial charge in [-0.1, -0.05) is 38.1 Å². The zero-order valence-corrected chi connectivity index (χ0v) is 21.0. The van der Waals surface area contributed by atoms with Gasteiger partial charge in [-0.15, -0.1) is 0 Å². The fraction of sp³-hybridized carbons (Fsp3) is 0.480. The standard InChI is InChI=1S/C25H35N3O4S/c1-18-12-19(2)16-28(15-18)33(30,31)24-13-20(10-11-23(24)32-5)25(29)26-14-21-8-6-7-9-22(21)17-27(3)4/h6-11,13,18-19H,12,14-17H2,1-5H3,(H,26,29). The van der Waals surface area contributed by atoms with Crippen molar-refractivity contribution < 1.29 is 17.9 Å². The Hall–Kier alpha value is -2.42. The first-order valence-electron chi connectivity index (χ1n) is 11.3. The van der Waals surface area contributed by atoms with Gasteiger partial charge in [-0.3, -0.25) is 4.79 Å². The highest BCUT2D eigenvalue weighted by atomic mass is 32.2. The van der Waals surface area contributed by atoms with E-state index >= 15 is 0 Å². The Morgan fingerprint density at radius 1 is 1.09 bits per heavy atom. The second-order valence-electron chi connectivity index (χ2n) is 9.32. The van der Waals surface area contributed by atoms with Crippen molar-refractivity contribution in [2.24, 2.45) is 11.8 Å². The highest BCUT2D eigenvalue weighted by Crippen LogP contribution is 2.32. The number of methoxy groups -OCH3 is 1. The average molecular weight is 474 g/mol. The van der Waals surface area contributed by atoms with Crippen LogP contribution in [0.25, 0.3) is 0 Å². The minimum absolute atomic E-state index is 0.0342. The summed E-state index contributed by atoms with van der Waals surface area (Å²) in [5.74, 6) is 0.481. The van der Waals surface area contributed by atoms with Gasteiger partial charge in [0, 0.05) is 31.7 Å². The van der Waals surface area contributed by atoms with Gasteiger partial charge in [0.2, 0.25) is 10.0 Å². The molecule has 0 aromatic heterocycles. The normalized spacial score (nSPS) is 19.5. The SMILES string of the molecule is COc1ccc(C(=O)NCc2ccccc2CN(C)C)cc1S(=O)(=O)N1CC(C)CC(C)C1. The first-order chi connectivity index (χ1) is 15.6. The molecule has 0 spiro atoms. The van der Waals surface area contributed by atoms with Crippen molar-refractivity contribution in [1.82, 2.24) is 14.5 Å². The zero-order chi connectivity index (χ0) is 24.2. The van der Waals surface area contributed by atoms with Crippen LogP contribution in [0.5, 0.6) is 5.75 Å². The summed E-state index contributed by atoms with van der Waals surface area (Å²) in [4.78, 5) is 15.0. The average Bonchev–Trinajstić information content (AvgIpc) is 2.76. The molecule has 1 aliphatic heterocycles. The molecule has 8 heteroatoms. The van der Waals surface area contributed by atoms with E-state index < -0.39 is 10.0 Å². The summed E-state index contributed by atoms with van der Waals surface area (Å²) in [6.45, 7) is 6.19. The number of hydrogen-bond acceptors (Lipinski definition) is 5. The van der Waals surface area contributed by atoms with E-state index in [2.05, 4.69) is 24.1 Å². The van der Waals surface area contributed by atoms with Crippen molar-refractivity contribution >= 4 is 15.9 Å². The van der Waals surface area contributed by atoms with Gasteiger partial charge in [-0.05, 0) is 61.7 Å². The van der Waals surface area contributed by atoms with Crippen molar-refractivity contribution in [3.8, 4) is 5.75 Å². The number of hydrogen-bond donors (Lipinski definition) is 1. The number of ether oxygens (including phenoxy) is 1. The van der Waals surface area contributed by atoms with Gasteiger partial charge in [0.05, 0.1) is 7.11 Å². The molecule has 33 heavy (non-hydrogen) atoms. The summed E-state index contributed by atoms with van der Waals surface area (Å²) in [7, 11) is 1.65. The molecule has 1 fully saturated rings. The summed E-state index contributed by atoms with van der Waals surface area (Å²) < 4.78 is 33.8. The third kappa shape index (κ3) is 6.13. The van der Waals surface area contributed by atoms with E-state index in [0.29, 0.717) is 19.6 Å². The molecule has 1 heterocycles. The summed E-state index contributed by atoms with van der Waals surface area (Å²) in [6.07, 6.45) is 1.00. The van der Waals surface area contributed by atoms with E-state index in [1.54, 1.807) is 12.1 Å². The van der Waals surface area contributed by atoms with E-state index in [4.69, 9.17) is 4.74 Å². The smallest absolute Gasteiger partial charge is 0.251 e. The van der Waals surface area contributed by atoms with Gasteiger partial charge in [-0.2, -0.15) is 4.31 Å². The fourth-order valence-corrected chi connectivity index (χ4v) is 6.32.